The first-order valence-electron chi connectivity index (χ1n) is 10.8. The third kappa shape index (κ3) is 4.21. The van der Waals surface area contributed by atoms with Gasteiger partial charge in [-0.1, -0.05) is 12.5 Å². The molecule has 6 nitrogen and oxygen atoms in total. The smallest absolute Gasteiger partial charge is 0.410 e. The van der Waals surface area contributed by atoms with Crippen molar-refractivity contribution in [3.63, 3.8) is 0 Å². The number of carbonyl (C=O) groups is 2. The van der Waals surface area contributed by atoms with Gasteiger partial charge < -0.3 is 19.1 Å². The summed E-state index contributed by atoms with van der Waals surface area (Å²) in [6.45, 7) is 6.55. The van der Waals surface area contributed by atoms with Crippen molar-refractivity contribution in [2.45, 2.75) is 77.1 Å². The standard InChI is InChI=1S/C23H31NO5/c1-22(2,3)29-21(26)24-14-8-9-16(15-24)19(25)17-10-7-11-18-20(17)28-23(27-18)12-5-4-6-13-23/h7,10-11,16H,4-6,8-9,12-15H2,1-3H3/t16-/m1/s1. The maximum absolute atomic E-state index is 13.4. The summed E-state index contributed by atoms with van der Waals surface area (Å²) in [4.78, 5) is 27.5. The van der Waals surface area contributed by atoms with Crippen molar-refractivity contribution in [1.29, 1.82) is 0 Å². The Morgan fingerprint density at radius 3 is 2.59 bits per heavy atom. The van der Waals surface area contributed by atoms with E-state index >= 15 is 0 Å². The fraction of sp³-hybridized carbons (Fsp3) is 0.652. The van der Waals surface area contributed by atoms with Gasteiger partial charge in [0.2, 0.25) is 0 Å². The number of para-hydroxylation sites is 1. The Kier molecular flexibility index (Phi) is 5.21. The van der Waals surface area contributed by atoms with Gasteiger partial charge in [-0.15, -0.1) is 0 Å². The molecule has 29 heavy (non-hydrogen) atoms. The van der Waals surface area contributed by atoms with Gasteiger partial charge in [0, 0.05) is 31.8 Å². The van der Waals surface area contributed by atoms with Crippen LogP contribution >= 0.6 is 0 Å². The van der Waals surface area contributed by atoms with Crippen molar-refractivity contribution in [1.82, 2.24) is 4.90 Å². The van der Waals surface area contributed by atoms with Gasteiger partial charge in [0.05, 0.1) is 5.56 Å². The lowest BCUT2D eigenvalue weighted by Gasteiger charge is -2.33. The lowest BCUT2D eigenvalue weighted by molar-refractivity contribution is -0.105. The Morgan fingerprint density at radius 2 is 1.86 bits per heavy atom. The summed E-state index contributed by atoms with van der Waals surface area (Å²) in [6, 6.07) is 5.55. The Hall–Kier alpha value is -2.24. The maximum Gasteiger partial charge on any atom is 0.410 e. The van der Waals surface area contributed by atoms with Crippen LogP contribution in [0.5, 0.6) is 11.5 Å². The molecule has 0 bridgehead atoms. The fourth-order valence-electron chi connectivity index (χ4n) is 4.50. The molecule has 3 aliphatic rings. The number of nitrogens with zero attached hydrogens (tertiary/aromatic N) is 1. The van der Waals surface area contributed by atoms with E-state index < -0.39 is 11.4 Å². The van der Waals surface area contributed by atoms with Crippen molar-refractivity contribution in [2.24, 2.45) is 5.92 Å². The molecule has 2 aliphatic heterocycles. The predicted molar refractivity (Wildman–Crippen MR) is 108 cm³/mol. The molecule has 1 spiro atoms. The zero-order valence-corrected chi connectivity index (χ0v) is 17.7. The van der Waals surface area contributed by atoms with Gasteiger partial charge in [-0.3, -0.25) is 4.79 Å². The van der Waals surface area contributed by atoms with Crippen molar-refractivity contribution >= 4 is 11.9 Å². The molecular weight excluding hydrogens is 370 g/mol. The van der Waals surface area contributed by atoms with Gasteiger partial charge in [-0.25, -0.2) is 4.79 Å². The van der Waals surface area contributed by atoms with Crippen LogP contribution in [0, 0.1) is 5.92 Å². The molecule has 1 aromatic carbocycles. The average molecular weight is 402 g/mol. The fourth-order valence-corrected chi connectivity index (χ4v) is 4.50. The molecule has 1 amide bonds. The molecule has 1 saturated heterocycles. The number of fused-ring (bicyclic) bond motifs is 1. The highest BCUT2D eigenvalue weighted by atomic mass is 16.7. The van der Waals surface area contributed by atoms with Crippen molar-refractivity contribution in [3.05, 3.63) is 23.8 Å². The van der Waals surface area contributed by atoms with E-state index in [1.54, 1.807) is 4.90 Å². The Labute approximate surface area is 172 Å². The SMILES string of the molecule is CC(C)(C)OC(=O)N1CCC[C@@H](C(=O)c2cccc3c2OC2(CCCCC2)O3)C1. The molecule has 2 fully saturated rings. The molecule has 6 heteroatoms. The van der Waals surface area contributed by atoms with Gasteiger partial charge in [-0.05, 0) is 58.6 Å². The third-order valence-electron chi connectivity index (χ3n) is 5.89. The van der Waals surface area contributed by atoms with Crippen LogP contribution in [0.15, 0.2) is 18.2 Å². The summed E-state index contributed by atoms with van der Waals surface area (Å²) >= 11 is 0. The molecule has 2 heterocycles. The van der Waals surface area contributed by atoms with E-state index in [0.717, 1.165) is 38.5 Å². The Bertz CT molecular complexity index is 791. The number of amides is 1. The number of benzene rings is 1. The number of ether oxygens (including phenoxy) is 3. The Balaban J connectivity index is 1.50. The monoisotopic (exact) mass is 401 g/mol. The normalized spacial score (nSPS) is 23.1. The lowest BCUT2D eigenvalue weighted by Crippen LogP contribution is -2.44. The van der Waals surface area contributed by atoms with Crippen LogP contribution in [0.1, 0.15) is 76.1 Å². The highest BCUT2D eigenvalue weighted by Crippen LogP contribution is 2.47. The lowest BCUT2D eigenvalue weighted by atomic mass is 9.89. The average Bonchev–Trinajstić information content (AvgIpc) is 3.04. The maximum atomic E-state index is 13.4. The van der Waals surface area contributed by atoms with Crippen LogP contribution < -0.4 is 9.47 Å². The number of piperidine rings is 1. The summed E-state index contributed by atoms with van der Waals surface area (Å²) < 4.78 is 17.9. The molecule has 0 aromatic heterocycles. The van der Waals surface area contributed by atoms with Crippen LogP contribution in [-0.2, 0) is 4.74 Å². The van der Waals surface area contributed by atoms with Crippen LogP contribution in [0.3, 0.4) is 0 Å². The van der Waals surface area contributed by atoms with E-state index in [1.165, 1.54) is 6.42 Å². The highest BCUT2D eigenvalue weighted by Gasteiger charge is 2.44. The van der Waals surface area contributed by atoms with Gasteiger partial charge in [0.25, 0.3) is 5.79 Å². The zero-order valence-electron chi connectivity index (χ0n) is 17.7. The number of likely N-dealkylation sites (tertiary alicyclic amines) is 1. The molecule has 1 atom stereocenters. The van der Waals surface area contributed by atoms with Crippen LogP contribution in [0.25, 0.3) is 0 Å². The van der Waals surface area contributed by atoms with E-state index in [4.69, 9.17) is 14.2 Å². The number of ketones is 1. The number of hydrogen-bond acceptors (Lipinski definition) is 5. The van der Waals surface area contributed by atoms with Crippen molar-refractivity contribution in [3.8, 4) is 11.5 Å². The minimum atomic E-state index is -0.605. The second-order valence-electron chi connectivity index (χ2n) is 9.44. The zero-order chi connectivity index (χ0) is 20.6. The largest absolute Gasteiger partial charge is 0.448 e. The second-order valence-corrected chi connectivity index (χ2v) is 9.44. The number of rotatable bonds is 2. The minimum Gasteiger partial charge on any atom is -0.448 e. The summed E-state index contributed by atoms with van der Waals surface area (Å²) in [5.41, 5.74) is 0.0225. The predicted octanol–water partition coefficient (Wildman–Crippen LogP) is 4.95. The van der Waals surface area contributed by atoms with Gasteiger partial charge in [0.15, 0.2) is 17.3 Å². The van der Waals surface area contributed by atoms with E-state index in [9.17, 15) is 9.59 Å². The van der Waals surface area contributed by atoms with Gasteiger partial charge in [-0.2, -0.15) is 0 Å². The Morgan fingerprint density at radius 1 is 1.10 bits per heavy atom. The molecule has 0 unspecified atom stereocenters. The number of carbonyl (C=O) groups excluding carboxylic acids is 2. The van der Waals surface area contributed by atoms with Crippen LogP contribution in [-0.4, -0.2) is 41.3 Å². The van der Waals surface area contributed by atoms with E-state index in [1.807, 2.05) is 39.0 Å². The van der Waals surface area contributed by atoms with Crippen molar-refractivity contribution in [2.75, 3.05) is 13.1 Å². The molecule has 1 aliphatic carbocycles. The first-order valence-corrected chi connectivity index (χ1v) is 10.8. The summed E-state index contributed by atoms with van der Waals surface area (Å²) in [5.74, 6) is 0.402. The number of Topliss-reactive ketones (excluding diaryl/α,β-unsaturated/α-hetero) is 1. The summed E-state index contributed by atoms with van der Waals surface area (Å²) in [6.07, 6.45) is 6.24. The van der Waals surface area contributed by atoms with Gasteiger partial charge >= 0.3 is 6.09 Å². The van der Waals surface area contributed by atoms with Crippen molar-refractivity contribution < 1.29 is 23.8 Å². The summed E-state index contributed by atoms with van der Waals surface area (Å²) in [7, 11) is 0. The molecule has 1 aromatic rings. The molecule has 1 saturated carbocycles. The summed E-state index contributed by atoms with van der Waals surface area (Å²) in [5, 5.41) is 0. The quantitative estimate of drug-likeness (QED) is 0.656. The van der Waals surface area contributed by atoms with E-state index in [2.05, 4.69) is 0 Å². The molecular formula is C23H31NO5. The minimum absolute atomic E-state index is 0.0200. The topological polar surface area (TPSA) is 65.1 Å². The highest BCUT2D eigenvalue weighted by molar-refractivity contribution is 6.01. The van der Waals surface area contributed by atoms with Crippen LogP contribution in [0.4, 0.5) is 4.79 Å². The number of hydrogen-bond donors (Lipinski definition) is 0. The molecule has 4 rings (SSSR count). The van der Waals surface area contributed by atoms with Gasteiger partial charge in [0.1, 0.15) is 5.60 Å². The molecule has 0 radical (unpaired) electrons. The first kappa shape index (κ1) is 20.0. The van der Waals surface area contributed by atoms with Crippen LogP contribution in [0.2, 0.25) is 0 Å². The third-order valence-corrected chi connectivity index (χ3v) is 5.89. The first-order chi connectivity index (χ1) is 13.8. The molecule has 158 valence electrons. The van der Waals surface area contributed by atoms with E-state index in [0.29, 0.717) is 30.2 Å². The van der Waals surface area contributed by atoms with E-state index in [-0.39, 0.29) is 17.8 Å². The molecule has 0 N–H and O–H groups in total. The second kappa shape index (κ2) is 7.54.